The molecule has 136 valence electrons. The van der Waals surface area contributed by atoms with Crippen LogP contribution in [0.2, 0.25) is 0 Å². The van der Waals surface area contributed by atoms with Gasteiger partial charge in [0.1, 0.15) is 12.1 Å². The molecule has 1 N–H and O–H groups in total. The molecule has 0 radical (unpaired) electrons. The molecule has 26 heavy (non-hydrogen) atoms. The second-order valence-electron chi connectivity index (χ2n) is 7.22. The van der Waals surface area contributed by atoms with Crippen LogP contribution in [0.25, 0.3) is 16.7 Å². The number of para-hydroxylation sites is 1. The van der Waals surface area contributed by atoms with E-state index in [0.717, 1.165) is 11.1 Å². The molecule has 0 aliphatic carbocycles. The van der Waals surface area contributed by atoms with Crippen molar-refractivity contribution in [2.45, 2.75) is 33.2 Å². The summed E-state index contributed by atoms with van der Waals surface area (Å²) in [5.74, 6) is 0.333. The Morgan fingerprint density at radius 3 is 2.46 bits per heavy atom. The van der Waals surface area contributed by atoms with E-state index in [0.29, 0.717) is 11.5 Å². The largest absolute Gasteiger partial charge is 0.469 e. The van der Waals surface area contributed by atoms with Crippen LogP contribution in [0.5, 0.6) is 0 Å². The van der Waals surface area contributed by atoms with Crippen LogP contribution in [0, 0.1) is 5.41 Å². The van der Waals surface area contributed by atoms with Gasteiger partial charge in [0.2, 0.25) is 0 Å². The molecule has 0 amide bonds. The van der Waals surface area contributed by atoms with Gasteiger partial charge >= 0.3 is 5.97 Å². The minimum atomic E-state index is -0.769. The monoisotopic (exact) mass is 353 g/mol. The van der Waals surface area contributed by atoms with Crippen molar-refractivity contribution in [1.82, 2.24) is 19.7 Å². The number of rotatable bonds is 5. The number of benzene rings is 1. The number of methoxy groups -OCH3 is 1. The fourth-order valence-corrected chi connectivity index (χ4v) is 2.66. The van der Waals surface area contributed by atoms with Crippen LogP contribution < -0.4 is 5.32 Å². The first-order chi connectivity index (χ1) is 12.3. The van der Waals surface area contributed by atoms with Crippen LogP contribution in [0.1, 0.15) is 27.7 Å². The standard InChI is InChI=1S/C19H23N5O2/c1-18(2,17(25)26-5)19(3,4)23-15-14-11-22-24(16(14)21-12-20-15)13-9-7-6-8-10-13/h6-12H,1-5H3,(H,20,21,23). The van der Waals surface area contributed by atoms with Gasteiger partial charge in [-0.25, -0.2) is 14.6 Å². The predicted octanol–water partition coefficient (Wildman–Crippen LogP) is 3.21. The van der Waals surface area contributed by atoms with Crippen LogP contribution in [-0.2, 0) is 9.53 Å². The molecule has 2 aromatic heterocycles. The van der Waals surface area contributed by atoms with Crippen molar-refractivity contribution in [3.05, 3.63) is 42.9 Å². The Hall–Kier alpha value is -2.96. The molecule has 0 saturated heterocycles. The summed E-state index contributed by atoms with van der Waals surface area (Å²) in [6.07, 6.45) is 3.22. The Morgan fingerprint density at radius 2 is 1.81 bits per heavy atom. The summed E-state index contributed by atoms with van der Waals surface area (Å²) in [4.78, 5) is 21.0. The fourth-order valence-electron chi connectivity index (χ4n) is 2.66. The lowest BCUT2D eigenvalue weighted by molar-refractivity contribution is -0.153. The highest BCUT2D eigenvalue weighted by Crippen LogP contribution is 2.35. The second-order valence-corrected chi connectivity index (χ2v) is 7.22. The normalized spacial score (nSPS) is 12.2. The van der Waals surface area contributed by atoms with E-state index in [9.17, 15) is 4.79 Å². The number of carbonyl (C=O) groups is 1. The quantitative estimate of drug-likeness (QED) is 0.709. The van der Waals surface area contributed by atoms with E-state index in [1.807, 2.05) is 58.0 Å². The van der Waals surface area contributed by atoms with Gasteiger partial charge in [-0.05, 0) is 39.8 Å². The van der Waals surface area contributed by atoms with E-state index in [2.05, 4.69) is 20.4 Å². The number of hydrogen-bond donors (Lipinski definition) is 1. The topological polar surface area (TPSA) is 81.9 Å². The van der Waals surface area contributed by atoms with E-state index in [1.165, 1.54) is 13.4 Å². The van der Waals surface area contributed by atoms with Crippen molar-refractivity contribution in [1.29, 1.82) is 0 Å². The van der Waals surface area contributed by atoms with E-state index in [-0.39, 0.29) is 5.97 Å². The van der Waals surface area contributed by atoms with Gasteiger partial charge in [-0.3, -0.25) is 4.79 Å². The number of esters is 1. The van der Waals surface area contributed by atoms with E-state index in [4.69, 9.17) is 4.74 Å². The van der Waals surface area contributed by atoms with Crippen LogP contribution in [-0.4, -0.2) is 38.4 Å². The third-order valence-corrected chi connectivity index (χ3v) is 5.06. The molecule has 0 fully saturated rings. The van der Waals surface area contributed by atoms with Gasteiger partial charge in [-0.2, -0.15) is 5.10 Å². The number of nitrogens with zero attached hydrogens (tertiary/aromatic N) is 4. The van der Waals surface area contributed by atoms with Crippen molar-refractivity contribution in [2.24, 2.45) is 5.41 Å². The van der Waals surface area contributed by atoms with Crippen molar-refractivity contribution in [3.63, 3.8) is 0 Å². The van der Waals surface area contributed by atoms with Crippen LogP contribution in [0.3, 0.4) is 0 Å². The zero-order valence-corrected chi connectivity index (χ0v) is 15.6. The third kappa shape index (κ3) is 2.89. The van der Waals surface area contributed by atoms with E-state index in [1.54, 1.807) is 10.9 Å². The molecule has 0 aliphatic rings. The summed E-state index contributed by atoms with van der Waals surface area (Å²) in [7, 11) is 1.40. The van der Waals surface area contributed by atoms with Gasteiger partial charge in [0, 0.05) is 5.54 Å². The lowest BCUT2D eigenvalue weighted by Crippen LogP contribution is -2.51. The van der Waals surface area contributed by atoms with Crippen molar-refractivity contribution >= 4 is 22.8 Å². The summed E-state index contributed by atoms with van der Waals surface area (Å²) in [5, 5.41) is 8.61. The van der Waals surface area contributed by atoms with Crippen molar-refractivity contribution in [3.8, 4) is 5.69 Å². The lowest BCUT2D eigenvalue weighted by atomic mass is 9.74. The average molecular weight is 353 g/mol. The lowest BCUT2D eigenvalue weighted by Gasteiger charge is -2.40. The molecule has 1 aromatic carbocycles. The molecular weight excluding hydrogens is 330 g/mol. The maximum Gasteiger partial charge on any atom is 0.313 e. The highest BCUT2D eigenvalue weighted by Gasteiger charge is 2.44. The first-order valence-electron chi connectivity index (χ1n) is 8.38. The molecular formula is C19H23N5O2. The number of hydrogen-bond acceptors (Lipinski definition) is 6. The van der Waals surface area contributed by atoms with Crippen LogP contribution in [0.15, 0.2) is 42.9 Å². The Labute approximate surface area is 152 Å². The number of fused-ring (bicyclic) bond motifs is 1. The minimum Gasteiger partial charge on any atom is -0.469 e. The highest BCUT2D eigenvalue weighted by molar-refractivity contribution is 5.88. The smallest absolute Gasteiger partial charge is 0.313 e. The summed E-state index contributed by atoms with van der Waals surface area (Å²) < 4.78 is 6.72. The average Bonchev–Trinajstić information content (AvgIpc) is 3.06. The number of aromatic nitrogens is 4. The Kier molecular flexibility index (Phi) is 4.39. The maximum atomic E-state index is 12.2. The van der Waals surface area contributed by atoms with Gasteiger partial charge in [0.15, 0.2) is 5.65 Å². The molecule has 7 heteroatoms. The Bertz CT molecular complexity index is 932. The molecule has 0 bridgehead atoms. The molecule has 0 atom stereocenters. The summed E-state index contributed by atoms with van der Waals surface area (Å²) in [5.41, 5.74) is 0.228. The van der Waals surface area contributed by atoms with E-state index < -0.39 is 11.0 Å². The molecule has 0 spiro atoms. The van der Waals surface area contributed by atoms with Gasteiger partial charge < -0.3 is 10.1 Å². The Morgan fingerprint density at radius 1 is 1.12 bits per heavy atom. The zero-order valence-electron chi connectivity index (χ0n) is 15.6. The van der Waals surface area contributed by atoms with Gasteiger partial charge in [0.25, 0.3) is 0 Å². The molecule has 0 aliphatic heterocycles. The van der Waals surface area contributed by atoms with Gasteiger partial charge in [0.05, 0.1) is 29.8 Å². The van der Waals surface area contributed by atoms with Crippen molar-refractivity contribution in [2.75, 3.05) is 12.4 Å². The summed E-state index contributed by atoms with van der Waals surface area (Å²) in [6, 6.07) is 9.78. The first-order valence-corrected chi connectivity index (χ1v) is 8.38. The van der Waals surface area contributed by atoms with Crippen LogP contribution in [0.4, 0.5) is 5.82 Å². The maximum absolute atomic E-state index is 12.2. The second kappa shape index (κ2) is 6.40. The number of carbonyl (C=O) groups excluding carboxylic acids is 1. The minimum absolute atomic E-state index is 0.291. The Balaban J connectivity index is 2.02. The molecule has 3 rings (SSSR count). The fraction of sp³-hybridized carbons (Fsp3) is 0.368. The zero-order chi connectivity index (χ0) is 18.9. The summed E-state index contributed by atoms with van der Waals surface area (Å²) >= 11 is 0. The molecule has 3 aromatic rings. The number of ether oxygens (including phenoxy) is 1. The van der Waals surface area contributed by atoms with Crippen LogP contribution >= 0.6 is 0 Å². The van der Waals surface area contributed by atoms with Gasteiger partial charge in [-0.1, -0.05) is 18.2 Å². The van der Waals surface area contributed by atoms with Crippen molar-refractivity contribution < 1.29 is 9.53 Å². The van der Waals surface area contributed by atoms with E-state index >= 15 is 0 Å². The van der Waals surface area contributed by atoms with Gasteiger partial charge in [-0.15, -0.1) is 0 Å². The third-order valence-electron chi connectivity index (χ3n) is 5.06. The first kappa shape index (κ1) is 17.8. The number of nitrogens with one attached hydrogen (secondary N) is 1. The highest BCUT2D eigenvalue weighted by atomic mass is 16.5. The molecule has 2 heterocycles. The predicted molar refractivity (Wildman–Crippen MR) is 100 cm³/mol. The molecule has 0 unspecified atom stereocenters. The molecule has 0 saturated carbocycles. The SMILES string of the molecule is COC(=O)C(C)(C)C(C)(C)Nc1ncnc2c1cnn2-c1ccccc1. The molecule has 7 nitrogen and oxygen atoms in total. The summed E-state index contributed by atoms with van der Waals surface area (Å²) in [6.45, 7) is 7.58. The number of anilines is 1.